The fourth-order valence-corrected chi connectivity index (χ4v) is 2.65. The van der Waals surface area contributed by atoms with E-state index >= 15 is 0 Å². The lowest BCUT2D eigenvalue weighted by Gasteiger charge is -2.09. The fourth-order valence-electron chi connectivity index (χ4n) is 2.65. The quantitative estimate of drug-likeness (QED) is 0.873. The molecule has 1 atom stereocenters. The Kier molecular flexibility index (Phi) is 7.65. The van der Waals surface area contributed by atoms with Gasteiger partial charge in [0.05, 0.1) is 0 Å². The maximum absolute atomic E-state index is 11.8. The summed E-state index contributed by atoms with van der Waals surface area (Å²) in [6.07, 6.45) is 8.45. The third kappa shape index (κ3) is 4.87. The Morgan fingerprint density at radius 1 is 1.41 bits per heavy atom. The van der Waals surface area contributed by atoms with E-state index < -0.39 is 0 Å². The zero-order chi connectivity index (χ0) is 13.8. The van der Waals surface area contributed by atoms with Crippen molar-refractivity contribution in [3.63, 3.8) is 0 Å². The lowest BCUT2D eigenvalue weighted by Crippen LogP contribution is -2.23. The van der Waals surface area contributed by atoms with E-state index in [1.54, 1.807) is 6.20 Å². The van der Waals surface area contributed by atoms with Crippen LogP contribution in [0.4, 0.5) is 0 Å². The molecule has 7 heteroatoms. The molecule has 5 nitrogen and oxygen atoms in total. The molecule has 122 valence electrons. The minimum Gasteiger partial charge on any atom is -0.352 e. The number of hydrogen-bond donors (Lipinski definition) is 2. The molecule has 1 saturated heterocycles. The van der Waals surface area contributed by atoms with Crippen LogP contribution < -0.4 is 10.6 Å². The molecule has 1 aliphatic heterocycles. The second-order valence-corrected chi connectivity index (χ2v) is 5.40. The molecular weight excluding hydrogens is 323 g/mol. The molecule has 0 aliphatic carbocycles. The van der Waals surface area contributed by atoms with Crippen molar-refractivity contribution in [2.45, 2.75) is 25.8 Å². The first-order valence-electron chi connectivity index (χ1n) is 7.20. The van der Waals surface area contributed by atoms with Crippen LogP contribution in [0.3, 0.4) is 0 Å². The van der Waals surface area contributed by atoms with E-state index in [0.717, 1.165) is 30.7 Å². The maximum atomic E-state index is 11.8. The van der Waals surface area contributed by atoms with Crippen molar-refractivity contribution < 1.29 is 4.79 Å². The monoisotopic (exact) mass is 344 g/mol. The zero-order valence-corrected chi connectivity index (χ0v) is 14.0. The number of nitrogens with zero attached hydrogens (tertiary/aromatic N) is 2. The van der Waals surface area contributed by atoms with Crippen molar-refractivity contribution in [1.82, 2.24) is 20.0 Å². The van der Waals surface area contributed by atoms with Gasteiger partial charge in [-0.3, -0.25) is 4.79 Å². The molecule has 1 amide bonds. The first-order valence-corrected chi connectivity index (χ1v) is 7.20. The second kappa shape index (κ2) is 8.98. The first-order chi connectivity index (χ1) is 9.81. The average Bonchev–Trinajstić information content (AvgIpc) is 3.13. The SMILES string of the molecule is Cl.Cl.O=C(CCC1CCNC1)NCc1ccn2ccnc2c1. The van der Waals surface area contributed by atoms with Gasteiger partial charge in [-0.1, -0.05) is 0 Å². The van der Waals surface area contributed by atoms with Crippen LogP contribution in [0.1, 0.15) is 24.8 Å². The van der Waals surface area contributed by atoms with Crippen LogP contribution in [-0.4, -0.2) is 28.4 Å². The summed E-state index contributed by atoms with van der Waals surface area (Å²) in [7, 11) is 0. The molecule has 1 fully saturated rings. The number of pyridine rings is 1. The standard InChI is InChI=1S/C15H20N4O.2ClH/c20-15(2-1-12-3-5-16-10-12)18-11-13-4-7-19-8-6-17-14(19)9-13;;/h4,6-9,12,16H,1-3,5,10-11H2,(H,18,20);2*1H. The normalized spacial score (nSPS) is 16.8. The van der Waals surface area contributed by atoms with Gasteiger partial charge in [-0.2, -0.15) is 0 Å². The van der Waals surface area contributed by atoms with E-state index in [0.29, 0.717) is 18.9 Å². The lowest BCUT2D eigenvalue weighted by atomic mass is 10.0. The van der Waals surface area contributed by atoms with Crippen molar-refractivity contribution in [2.75, 3.05) is 13.1 Å². The highest BCUT2D eigenvalue weighted by Crippen LogP contribution is 2.14. The predicted molar refractivity (Wildman–Crippen MR) is 91.7 cm³/mol. The molecule has 3 heterocycles. The first kappa shape index (κ1) is 18.7. The summed E-state index contributed by atoms with van der Waals surface area (Å²) in [5.41, 5.74) is 1.99. The van der Waals surface area contributed by atoms with Gasteiger partial charge in [0, 0.05) is 31.6 Å². The summed E-state index contributed by atoms with van der Waals surface area (Å²) in [4.78, 5) is 16.1. The van der Waals surface area contributed by atoms with Crippen LogP contribution in [0.5, 0.6) is 0 Å². The van der Waals surface area contributed by atoms with Gasteiger partial charge in [0.25, 0.3) is 0 Å². The molecular formula is C15H22Cl2N4O. The molecule has 3 rings (SSSR count). The van der Waals surface area contributed by atoms with E-state index in [-0.39, 0.29) is 30.7 Å². The van der Waals surface area contributed by atoms with E-state index in [4.69, 9.17) is 0 Å². The van der Waals surface area contributed by atoms with Crippen molar-refractivity contribution in [3.05, 3.63) is 36.3 Å². The molecule has 1 aliphatic rings. The number of halogens is 2. The summed E-state index contributed by atoms with van der Waals surface area (Å²) >= 11 is 0. The Morgan fingerprint density at radius 3 is 3.05 bits per heavy atom. The van der Waals surface area contributed by atoms with Gasteiger partial charge in [-0.05, 0) is 49.5 Å². The molecule has 1 unspecified atom stereocenters. The molecule has 0 spiro atoms. The average molecular weight is 345 g/mol. The van der Waals surface area contributed by atoms with Gasteiger partial charge in [-0.25, -0.2) is 4.98 Å². The number of hydrogen-bond acceptors (Lipinski definition) is 3. The van der Waals surface area contributed by atoms with Gasteiger partial charge in [0.2, 0.25) is 5.91 Å². The number of rotatable bonds is 5. The van der Waals surface area contributed by atoms with Crippen LogP contribution in [0.15, 0.2) is 30.7 Å². The summed E-state index contributed by atoms with van der Waals surface area (Å²) in [6.45, 7) is 2.73. The van der Waals surface area contributed by atoms with Gasteiger partial charge >= 0.3 is 0 Å². The third-order valence-corrected chi connectivity index (χ3v) is 3.89. The number of carbonyl (C=O) groups is 1. The number of carbonyl (C=O) groups excluding carboxylic acids is 1. The van der Waals surface area contributed by atoms with Gasteiger partial charge < -0.3 is 15.0 Å². The highest BCUT2D eigenvalue weighted by molar-refractivity contribution is 5.85. The largest absolute Gasteiger partial charge is 0.352 e. The minimum absolute atomic E-state index is 0. The Labute approximate surface area is 142 Å². The third-order valence-electron chi connectivity index (χ3n) is 3.89. The number of fused-ring (bicyclic) bond motifs is 1. The molecule has 0 aromatic carbocycles. The molecule has 2 N–H and O–H groups in total. The summed E-state index contributed by atoms with van der Waals surface area (Å²) in [5, 5.41) is 6.31. The van der Waals surface area contributed by atoms with Crippen LogP contribution >= 0.6 is 24.8 Å². The lowest BCUT2D eigenvalue weighted by molar-refractivity contribution is -0.121. The highest BCUT2D eigenvalue weighted by Gasteiger charge is 2.15. The highest BCUT2D eigenvalue weighted by atomic mass is 35.5. The van der Waals surface area contributed by atoms with Crippen LogP contribution in [0.25, 0.3) is 5.65 Å². The number of imidazole rings is 1. The van der Waals surface area contributed by atoms with Gasteiger partial charge in [0.15, 0.2) is 0 Å². The molecule has 0 saturated carbocycles. The number of nitrogens with one attached hydrogen (secondary N) is 2. The van der Waals surface area contributed by atoms with E-state index in [9.17, 15) is 4.79 Å². The van der Waals surface area contributed by atoms with Gasteiger partial charge in [-0.15, -0.1) is 24.8 Å². The molecule has 2 aromatic heterocycles. The maximum Gasteiger partial charge on any atom is 0.220 e. The summed E-state index contributed by atoms with van der Waals surface area (Å²) in [6, 6.07) is 4.01. The van der Waals surface area contributed by atoms with Crippen molar-refractivity contribution in [1.29, 1.82) is 0 Å². The Bertz CT molecular complexity index is 596. The van der Waals surface area contributed by atoms with Crippen molar-refractivity contribution in [3.8, 4) is 0 Å². The van der Waals surface area contributed by atoms with E-state index in [1.807, 2.05) is 28.9 Å². The second-order valence-electron chi connectivity index (χ2n) is 5.40. The predicted octanol–water partition coefficient (Wildman–Crippen LogP) is 2.18. The minimum atomic E-state index is 0. The van der Waals surface area contributed by atoms with Crippen LogP contribution in [0.2, 0.25) is 0 Å². The Hall–Kier alpha value is -1.30. The fraction of sp³-hybridized carbons (Fsp3) is 0.467. The van der Waals surface area contributed by atoms with Crippen LogP contribution in [-0.2, 0) is 11.3 Å². The Morgan fingerprint density at radius 2 is 2.27 bits per heavy atom. The molecule has 22 heavy (non-hydrogen) atoms. The van der Waals surface area contributed by atoms with Gasteiger partial charge in [0.1, 0.15) is 5.65 Å². The Balaban J connectivity index is 0.00000121. The molecule has 0 radical (unpaired) electrons. The zero-order valence-electron chi connectivity index (χ0n) is 12.3. The number of aromatic nitrogens is 2. The number of amides is 1. The van der Waals surface area contributed by atoms with E-state index in [1.165, 1.54) is 6.42 Å². The molecule has 0 bridgehead atoms. The topological polar surface area (TPSA) is 58.4 Å². The van der Waals surface area contributed by atoms with Crippen molar-refractivity contribution in [2.24, 2.45) is 5.92 Å². The smallest absolute Gasteiger partial charge is 0.220 e. The van der Waals surface area contributed by atoms with Crippen molar-refractivity contribution >= 4 is 36.4 Å². The summed E-state index contributed by atoms with van der Waals surface area (Å²) < 4.78 is 1.96. The summed E-state index contributed by atoms with van der Waals surface area (Å²) in [5.74, 6) is 0.808. The van der Waals surface area contributed by atoms with Crippen LogP contribution in [0, 0.1) is 5.92 Å². The van der Waals surface area contributed by atoms with E-state index in [2.05, 4.69) is 15.6 Å². The molecule has 2 aromatic rings.